The minimum absolute atomic E-state index is 0.0475. The smallest absolute Gasteiger partial charge is 0.262 e. The van der Waals surface area contributed by atoms with Crippen molar-refractivity contribution in [2.24, 2.45) is 0 Å². The summed E-state index contributed by atoms with van der Waals surface area (Å²) in [4.78, 5) is 23.3. The Labute approximate surface area is 148 Å². The third-order valence-electron chi connectivity index (χ3n) is 3.69. The maximum absolute atomic E-state index is 12.0. The lowest BCUT2D eigenvalue weighted by Gasteiger charge is -2.10. The number of rotatable bonds is 7. The van der Waals surface area contributed by atoms with Gasteiger partial charge < -0.3 is 15.4 Å². The van der Waals surface area contributed by atoms with Crippen LogP contribution in [0.2, 0.25) is 0 Å². The lowest BCUT2D eigenvalue weighted by Crippen LogP contribution is -2.20. The molecule has 0 radical (unpaired) electrons. The van der Waals surface area contributed by atoms with Crippen LogP contribution < -0.4 is 15.4 Å². The third-order valence-corrected chi connectivity index (χ3v) is 3.69. The fraction of sp³-hybridized carbons (Fsp3) is 0.300. The zero-order chi connectivity index (χ0) is 18.2. The molecule has 0 fully saturated rings. The maximum atomic E-state index is 12.0. The highest BCUT2D eigenvalue weighted by atomic mass is 16.5. The Morgan fingerprint density at radius 3 is 1.88 bits per heavy atom. The predicted octanol–water partition coefficient (Wildman–Crippen LogP) is 4.18. The van der Waals surface area contributed by atoms with Crippen LogP contribution in [0.3, 0.4) is 0 Å². The van der Waals surface area contributed by atoms with Crippen LogP contribution in [-0.4, -0.2) is 18.4 Å². The van der Waals surface area contributed by atoms with E-state index in [4.69, 9.17) is 4.74 Å². The molecule has 5 heteroatoms. The van der Waals surface area contributed by atoms with E-state index in [1.807, 2.05) is 24.3 Å². The summed E-state index contributed by atoms with van der Waals surface area (Å²) in [5.74, 6) is 0.839. The SMILES string of the molecule is CCC(=O)Nc1ccc(NC(=O)COc2ccc(C(C)C)cc2)cc1. The normalized spacial score (nSPS) is 10.4. The fourth-order valence-corrected chi connectivity index (χ4v) is 2.18. The molecule has 0 atom stereocenters. The second-order valence-electron chi connectivity index (χ2n) is 6.04. The molecule has 132 valence electrons. The van der Waals surface area contributed by atoms with E-state index in [9.17, 15) is 9.59 Å². The minimum Gasteiger partial charge on any atom is -0.484 e. The lowest BCUT2D eigenvalue weighted by atomic mass is 10.0. The van der Waals surface area contributed by atoms with Gasteiger partial charge in [-0.05, 0) is 47.9 Å². The van der Waals surface area contributed by atoms with Gasteiger partial charge in [0.15, 0.2) is 6.61 Å². The Kier molecular flexibility index (Phi) is 6.57. The van der Waals surface area contributed by atoms with E-state index < -0.39 is 0 Å². The molecule has 2 amide bonds. The van der Waals surface area contributed by atoms with Gasteiger partial charge in [-0.1, -0.05) is 32.9 Å². The van der Waals surface area contributed by atoms with Gasteiger partial charge in [-0.25, -0.2) is 0 Å². The van der Waals surface area contributed by atoms with Crippen LogP contribution in [0.25, 0.3) is 0 Å². The van der Waals surface area contributed by atoms with E-state index in [0.29, 0.717) is 29.5 Å². The fourth-order valence-electron chi connectivity index (χ4n) is 2.18. The molecule has 0 bridgehead atoms. The van der Waals surface area contributed by atoms with Crippen LogP contribution in [0.1, 0.15) is 38.7 Å². The molecule has 0 saturated heterocycles. The maximum Gasteiger partial charge on any atom is 0.262 e. The van der Waals surface area contributed by atoms with E-state index in [1.54, 1.807) is 31.2 Å². The molecular weight excluding hydrogens is 316 g/mol. The molecule has 2 aromatic rings. The van der Waals surface area contributed by atoms with Crippen molar-refractivity contribution < 1.29 is 14.3 Å². The molecule has 2 aromatic carbocycles. The van der Waals surface area contributed by atoms with Crippen molar-refractivity contribution in [2.75, 3.05) is 17.2 Å². The summed E-state index contributed by atoms with van der Waals surface area (Å²) in [5, 5.41) is 5.51. The van der Waals surface area contributed by atoms with Gasteiger partial charge >= 0.3 is 0 Å². The highest BCUT2D eigenvalue weighted by Gasteiger charge is 2.05. The van der Waals surface area contributed by atoms with E-state index in [0.717, 1.165) is 0 Å². The van der Waals surface area contributed by atoms with Gasteiger partial charge in [-0.2, -0.15) is 0 Å². The van der Waals surface area contributed by atoms with Crippen molar-refractivity contribution in [1.29, 1.82) is 0 Å². The first-order valence-corrected chi connectivity index (χ1v) is 8.40. The van der Waals surface area contributed by atoms with E-state index in [2.05, 4.69) is 24.5 Å². The van der Waals surface area contributed by atoms with E-state index >= 15 is 0 Å². The number of nitrogens with one attached hydrogen (secondary N) is 2. The lowest BCUT2D eigenvalue weighted by molar-refractivity contribution is -0.118. The van der Waals surface area contributed by atoms with Gasteiger partial charge in [0, 0.05) is 17.8 Å². The molecule has 2 N–H and O–H groups in total. The van der Waals surface area contributed by atoms with Crippen LogP contribution in [0, 0.1) is 0 Å². The zero-order valence-corrected chi connectivity index (χ0v) is 14.8. The van der Waals surface area contributed by atoms with Crippen LogP contribution in [0.4, 0.5) is 11.4 Å². The standard InChI is InChI=1S/C20H24N2O3/c1-4-19(23)21-16-7-9-17(10-8-16)22-20(24)13-25-18-11-5-15(6-12-18)14(2)3/h5-12,14H,4,13H2,1-3H3,(H,21,23)(H,22,24). The van der Waals surface area contributed by atoms with Gasteiger partial charge in [-0.3, -0.25) is 9.59 Å². The average molecular weight is 340 g/mol. The number of carbonyl (C=O) groups is 2. The molecular formula is C20H24N2O3. The van der Waals surface area contributed by atoms with E-state index in [-0.39, 0.29) is 18.4 Å². The number of hydrogen-bond donors (Lipinski definition) is 2. The Morgan fingerprint density at radius 2 is 1.40 bits per heavy atom. The molecule has 0 unspecified atom stereocenters. The summed E-state index contributed by atoms with van der Waals surface area (Å²) in [5.41, 5.74) is 2.58. The Hall–Kier alpha value is -2.82. The molecule has 5 nitrogen and oxygen atoms in total. The number of carbonyl (C=O) groups excluding carboxylic acids is 2. The van der Waals surface area contributed by atoms with Crippen molar-refractivity contribution >= 4 is 23.2 Å². The molecule has 0 aliphatic carbocycles. The van der Waals surface area contributed by atoms with Gasteiger partial charge in [0.05, 0.1) is 0 Å². The summed E-state index contributed by atoms with van der Waals surface area (Å²) < 4.78 is 5.50. The van der Waals surface area contributed by atoms with Gasteiger partial charge in [0.25, 0.3) is 5.91 Å². The van der Waals surface area contributed by atoms with Gasteiger partial charge in [0.1, 0.15) is 5.75 Å². The monoisotopic (exact) mass is 340 g/mol. The van der Waals surface area contributed by atoms with Crippen LogP contribution in [0.15, 0.2) is 48.5 Å². The predicted molar refractivity (Wildman–Crippen MR) is 100 cm³/mol. The minimum atomic E-state index is -0.238. The number of ether oxygens (including phenoxy) is 1. The van der Waals surface area contributed by atoms with Crippen LogP contribution >= 0.6 is 0 Å². The second kappa shape index (κ2) is 8.87. The van der Waals surface area contributed by atoms with Crippen molar-refractivity contribution in [1.82, 2.24) is 0 Å². The van der Waals surface area contributed by atoms with Gasteiger partial charge in [-0.15, -0.1) is 0 Å². The number of benzene rings is 2. The molecule has 0 spiro atoms. The number of hydrogen-bond acceptors (Lipinski definition) is 3. The molecule has 0 heterocycles. The largest absolute Gasteiger partial charge is 0.484 e. The zero-order valence-electron chi connectivity index (χ0n) is 14.8. The summed E-state index contributed by atoms with van der Waals surface area (Å²) in [6.07, 6.45) is 0.425. The number of amides is 2. The first-order chi connectivity index (χ1) is 12.0. The molecule has 0 aromatic heterocycles. The molecule has 0 aliphatic rings. The molecule has 2 rings (SSSR count). The van der Waals surface area contributed by atoms with Crippen molar-refractivity contribution in [3.8, 4) is 5.75 Å². The summed E-state index contributed by atoms with van der Waals surface area (Å²) >= 11 is 0. The Bertz CT molecular complexity index is 707. The van der Waals surface area contributed by atoms with Crippen molar-refractivity contribution in [3.63, 3.8) is 0 Å². The van der Waals surface area contributed by atoms with Crippen molar-refractivity contribution in [2.45, 2.75) is 33.1 Å². The Morgan fingerprint density at radius 1 is 0.880 bits per heavy atom. The summed E-state index contributed by atoms with van der Waals surface area (Å²) in [6.45, 7) is 5.99. The topological polar surface area (TPSA) is 67.4 Å². The van der Waals surface area contributed by atoms with Crippen LogP contribution in [0.5, 0.6) is 5.75 Å². The quantitative estimate of drug-likeness (QED) is 0.795. The summed E-state index contributed by atoms with van der Waals surface area (Å²) in [6, 6.07) is 14.7. The third kappa shape index (κ3) is 5.95. The number of anilines is 2. The second-order valence-corrected chi connectivity index (χ2v) is 6.04. The van der Waals surface area contributed by atoms with Gasteiger partial charge in [0.2, 0.25) is 5.91 Å². The first kappa shape index (κ1) is 18.5. The summed E-state index contributed by atoms with van der Waals surface area (Å²) in [7, 11) is 0. The molecule has 25 heavy (non-hydrogen) atoms. The molecule has 0 saturated carbocycles. The highest BCUT2D eigenvalue weighted by Crippen LogP contribution is 2.19. The average Bonchev–Trinajstić information content (AvgIpc) is 2.62. The van der Waals surface area contributed by atoms with Crippen molar-refractivity contribution in [3.05, 3.63) is 54.1 Å². The van der Waals surface area contributed by atoms with E-state index in [1.165, 1.54) is 5.56 Å². The highest BCUT2D eigenvalue weighted by molar-refractivity contribution is 5.93. The first-order valence-electron chi connectivity index (χ1n) is 8.40. The Balaban J connectivity index is 1.82. The van der Waals surface area contributed by atoms with Crippen LogP contribution in [-0.2, 0) is 9.59 Å². The molecule has 0 aliphatic heterocycles.